The van der Waals surface area contributed by atoms with Gasteiger partial charge in [-0.15, -0.1) is 0 Å². The first-order chi connectivity index (χ1) is 8.13. The Morgan fingerprint density at radius 3 is 2.12 bits per heavy atom. The van der Waals surface area contributed by atoms with Crippen molar-refractivity contribution < 1.29 is 14.6 Å². The standard InChI is InChI=1S/C14H11FO2/c15-12-3-1-2-10(6-12)4-5-11-7-13(16)9-14(17)8-11/h1-9,16-17H. The van der Waals surface area contributed by atoms with E-state index in [0.29, 0.717) is 11.1 Å². The zero-order valence-electron chi connectivity index (χ0n) is 8.97. The minimum Gasteiger partial charge on any atom is -0.508 e. The highest BCUT2D eigenvalue weighted by molar-refractivity contribution is 5.70. The van der Waals surface area contributed by atoms with Gasteiger partial charge >= 0.3 is 0 Å². The summed E-state index contributed by atoms with van der Waals surface area (Å²) in [5.41, 5.74) is 1.36. The summed E-state index contributed by atoms with van der Waals surface area (Å²) in [5.74, 6) is -0.321. The lowest BCUT2D eigenvalue weighted by Crippen LogP contribution is -1.76. The molecule has 0 aliphatic carbocycles. The molecule has 0 aliphatic rings. The van der Waals surface area contributed by atoms with Crippen LogP contribution in [-0.2, 0) is 0 Å². The third kappa shape index (κ3) is 3.08. The third-order valence-corrected chi connectivity index (χ3v) is 2.24. The van der Waals surface area contributed by atoms with Gasteiger partial charge in [-0.2, -0.15) is 0 Å². The Balaban J connectivity index is 2.25. The maximum atomic E-state index is 12.9. The first-order valence-corrected chi connectivity index (χ1v) is 5.10. The number of hydrogen-bond donors (Lipinski definition) is 2. The summed E-state index contributed by atoms with van der Waals surface area (Å²) in [5, 5.41) is 18.6. The Bertz CT molecular complexity index is 542. The van der Waals surface area contributed by atoms with E-state index in [-0.39, 0.29) is 17.3 Å². The molecular weight excluding hydrogens is 219 g/mol. The quantitative estimate of drug-likeness (QED) is 0.776. The Kier molecular flexibility index (Phi) is 3.10. The summed E-state index contributed by atoms with van der Waals surface area (Å²) >= 11 is 0. The summed E-state index contributed by atoms with van der Waals surface area (Å²) in [6, 6.07) is 10.4. The van der Waals surface area contributed by atoms with Crippen molar-refractivity contribution in [1.29, 1.82) is 0 Å². The molecule has 2 rings (SSSR count). The lowest BCUT2D eigenvalue weighted by Gasteiger charge is -1.98. The van der Waals surface area contributed by atoms with Crippen LogP contribution in [0.15, 0.2) is 42.5 Å². The molecule has 0 saturated carbocycles. The van der Waals surface area contributed by atoms with Gasteiger partial charge in [-0.3, -0.25) is 0 Å². The first-order valence-electron chi connectivity index (χ1n) is 5.10. The van der Waals surface area contributed by atoms with Crippen molar-refractivity contribution in [3.05, 3.63) is 59.4 Å². The third-order valence-electron chi connectivity index (χ3n) is 2.24. The Morgan fingerprint density at radius 2 is 1.47 bits per heavy atom. The number of halogens is 1. The number of phenolic OH excluding ortho intramolecular Hbond substituents is 2. The van der Waals surface area contributed by atoms with Gasteiger partial charge in [0.1, 0.15) is 17.3 Å². The first kappa shape index (κ1) is 11.2. The van der Waals surface area contributed by atoms with Crippen molar-refractivity contribution in [3.8, 4) is 11.5 Å². The second-order valence-corrected chi connectivity index (χ2v) is 3.67. The van der Waals surface area contributed by atoms with Crippen molar-refractivity contribution in [3.63, 3.8) is 0 Å². The molecule has 3 heteroatoms. The molecule has 0 unspecified atom stereocenters. The zero-order valence-corrected chi connectivity index (χ0v) is 8.97. The highest BCUT2D eigenvalue weighted by Gasteiger charge is 1.96. The molecule has 0 aromatic heterocycles. The van der Waals surface area contributed by atoms with Crippen molar-refractivity contribution >= 4 is 12.2 Å². The molecule has 0 spiro atoms. The van der Waals surface area contributed by atoms with E-state index >= 15 is 0 Å². The van der Waals surface area contributed by atoms with Gasteiger partial charge in [0.05, 0.1) is 0 Å². The van der Waals surface area contributed by atoms with E-state index in [2.05, 4.69) is 0 Å². The lowest BCUT2D eigenvalue weighted by atomic mass is 10.1. The van der Waals surface area contributed by atoms with Crippen LogP contribution in [0.4, 0.5) is 4.39 Å². The summed E-state index contributed by atoms with van der Waals surface area (Å²) in [6.07, 6.45) is 3.39. The number of benzene rings is 2. The van der Waals surface area contributed by atoms with Gasteiger partial charge in [-0.1, -0.05) is 24.3 Å². The lowest BCUT2D eigenvalue weighted by molar-refractivity contribution is 0.450. The van der Waals surface area contributed by atoms with Crippen LogP contribution >= 0.6 is 0 Å². The van der Waals surface area contributed by atoms with E-state index in [0.717, 1.165) is 0 Å². The van der Waals surface area contributed by atoms with Gasteiger partial charge in [0.15, 0.2) is 0 Å². The van der Waals surface area contributed by atoms with Gasteiger partial charge in [-0.05, 0) is 35.4 Å². The van der Waals surface area contributed by atoms with E-state index in [1.165, 1.54) is 30.3 Å². The molecule has 17 heavy (non-hydrogen) atoms. The fourth-order valence-electron chi connectivity index (χ4n) is 1.52. The maximum Gasteiger partial charge on any atom is 0.123 e. The van der Waals surface area contributed by atoms with Gasteiger partial charge in [0.2, 0.25) is 0 Å². The normalized spacial score (nSPS) is 10.9. The smallest absolute Gasteiger partial charge is 0.123 e. The van der Waals surface area contributed by atoms with Crippen LogP contribution in [0, 0.1) is 5.82 Å². The van der Waals surface area contributed by atoms with Crippen LogP contribution < -0.4 is 0 Å². The Labute approximate surface area is 98.3 Å². The molecule has 86 valence electrons. The molecular formula is C14H11FO2. The van der Waals surface area contributed by atoms with Crippen LogP contribution in [0.25, 0.3) is 12.2 Å². The van der Waals surface area contributed by atoms with Crippen LogP contribution in [-0.4, -0.2) is 10.2 Å². The van der Waals surface area contributed by atoms with Crippen molar-refractivity contribution in [2.75, 3.05) is 0 Å². The summed E-state index contributed by atoms with van der Waals surface area (Å²) in [7, 11) is 0. The molecule has 0 saturated heterocycles. The van der Waals surface area contributed by atoms with E-state index in [1.54, 1.807) is 24.3 Å². The second-order valence-electron chi connectivity index (χ2n) is 3.67. The Hall–Kier alpha value is -2.29. The number of phenols is 2. The molecule has 0 atom stereocenters. The predicted octanol–water partition coefficient (Wildman–Crippen LogP) is 3.41. The second kappa shape index (κ2) is 4.70. The van der Waals surface area contributed by atoms with Crippen molar-refractivity contribution in [1.82, 2.24) is 0 Å². The van der Waals surface area contributed by atoms with Gasteiger partial charge < -0.3 is 10.2 Å². The van der Waals surface area contributed by atoms with Gasteiger partial charge in [0.25, 0.3) is 0 Å². The van der Waals surface area contributed by atoms with E-state index < -0.39 is 0 Å². The van der Waals surface area contributed by atoms with E-state index in [9.17, 15) is 14.6 Å². The highest BCUT2D eigenvalue weighted by Crippen LogP contribution is 2.21. The zero-order chi connectivity index (χ0) is 12.3. The molecule has 2 aromatic carbocycles. The molecule has 0 heterocycles. The van der Waals surface area contributed by atoms with Crippen LogP contribution in [0.5, 0.6) is 11.5 Å². The fourth-order valence-corrected chi connectivity index (χ4v) is 1.52. The van der Waals surface area contributed by atoms with E-state index in [1.807, 2.05) is 0 Å². The Morgan fingerprint density at radius 1 is 0.824 bits per heavy atom. The topological polar surface area (TPSA) is 40.5 Å². The average Bonchev–Trinajstić information content (AvgIpc) is 2.25. The van der Waals surface area contributed by atoms with Gasteiger partial charge in [-0.25, -0.2) is 4.39 Å². The molecule has 2 nitrogen and oxygen atoms in total. The molecule has 0 bridgehead atoms. The van der Waals surface area contributed by atoms with Crippen LogP contribution in [0.2, 0.25) is 0 Å². The SMILES string of the molecule is Oc1cc(O)cc(C=Cc2cccc(F)c2)c1. The number of rotatable bonds is 2. The molecule has 0 radical (unpaired) electrons. The summed E-state index contributed by atoms with van der Waals surface area (Å²) in [4.78, 5) is 0. The molecule has 2 N–H and O–H groups in total. The van der Waals surface area contributed by atoms with Crippen LogP contribution in [0.1, 0.15) is 11.1 Å². The number of hydrogen-bond acceptors (Lipinski definition) is 2. The maximum absolute atomic E-state index is 12.9. The largest absolute Gasteiger partial charge is 0.508 e. The molecule has 0 aliphatic heterocycles. The summed E-state index contributed by atoms with van der Waals surface area (Å²) < 4.78 is 12.9. The minimum atomic E-state index is -0.300. The van der Waals surface area contributed by atoms with Crippen LogP contribution in [0.3, 0.4) is 0 Å². The highest BCUT2D eigenvalue weighted by atomic mass is 19.1. The van der Waals surface area contributed by atoms with E-state index in [4.69, 9.17) is 0 Å². The minimum absolute atomic E-state index is 0.0103. The molecule has 0 fully saturated rings. The summed E-state index contributed by atoms with van der Waals surface area (Å²) in [6.45, 7) is 0. The van der Waals surface area contributed by atoms with Crippen molar-refractivity contribution in [2.24, 2.45) is 0 Å². The molecule has 2 aromatic rings. The number of aromatic hydroxyl groups is 2. The monoisotopic (exact) mass is 230 g/mol. The van der Waals surface area contributed by atoms with Crippen molar-refractivity contribution in [2.45, 2.75) is 0 Å². The van der Waals surface area contributed by atoms with Gasteiger partial charge in [0, 0.05) is 6.07 Å². The average molecular weight is 230 g/mol. The predicted molar refractivity (Wildman–Crippen MR) is 65.1 cm³/mol. The fraction of sp³-hybridized carbons (Fsp3) is 0. The molecule has 0 amide bonds.